The predicted octanol–water partition coefficient (Wildman–Crippen LogP) is 5.81. The van der Waals surface area contributed by atoms with Crippen LogP contribution in [0.5, 0.6) is 11.5 Å². The zero-order chi connectivity index (χ0) is 26.3. The zero-order valence-electron chi connectivity index (χ0n) is 20.4. The van der Waals surface area contributed by atoms with Gasteiger partial charge in [-0.05, 0) is 30.7 Å². The zero-order valence-corrected chi connectivity index (χ0v) is 21.1. The number of dihydropyridines is 1. The minimum absolute atomic E-state index is 0.0645. The van der Waals surface area contributed by atoms with Crippen LogP contribution in [0.1, 0.15) is 39.9 Å². The molecule has 5 rings (SSSR count). The van der Waals surface area contributed by atoms with Crippen molar-refractivity contribution in [2.45, 2.75) is 19.4 Å². The van der Waals surface area contributed by atoms with Crippen molar-refractivity contribution in [1.82, 2.24) is 5.32 Å². The van der Waals surface area contributed by atoms with Crippen LogP contribution in [0.25, 0.3) is 5.70 Å². The van der Waals surface area contributed by atoms with Crippen LogP contribution in [-0.4, -0.2) is 26.0 Å². The van der Waals surface area contributed by atoms with E-state index in [1.165, 1.54) is 20.3 Å². The Morgan fingerprint density at radius 3 is 2.46 bits per heavy atom. The third kappa shape index (κ3) is 4.15. The summed E-state index contributed by atoms with van der Waals surface area (Å²) in [5.41, 5.74) is 4.14. The summed E-state index contributed by atoms with van der Waals surface area (Å²) < 4.78 is 30.6. The summed E-state index contributed by atoms with van der Waals surface area (Å²) in [6.45, 7) is 1.70. The first-order chi connectivity index (χ1) is 17.8. The third-order valence-electron chi connectivity index (χ3n) is 6.57. The third-order valence-corrected chi connectivity index (χ3v) is 6.85. The maximum Gasteiger partial charge on any atom is 0.336 e. The molecule has 1 atom stereocenters. The Hall–Kier alpha value is -4.10. The number of benzene rings is 3. The van der Waals surface area contributed by atoms with Crippen molar-refractivity contribution in [2.75, 3.05) is 14.2 Å². The second-order valence-electron chi connectivity index (χ2n) is 8.67. The van der Waals surface area contributed by atoms with Gasteiger partial charge in [0.25, 0.3) is 0 Å². The van der Waals surface area contributed by atoms with Crippen LogP contribution in [0.3, 0.4) is 0 Å². The van der Waals surface area contributed by atoms with Crippen molar-refractivity contribution < 1.29 is 28.2 Å². The second kappa shape index (κ2) is 9.75. The minimum atomic E-state index is -0.768. The molecule has 0 radical (unpaired) electrons. The smallest absolute Gasteiger partial charge is 0.336 e. The van der Waals surface area contributed by atoms with E-state index in [4.69, 9.17) is 25.8 Å². The van der Waals surface area contributed by atoms with E-state index in [0.717, 1.165) is 5.56 Å². The molecule has 3 aromatic rings. The molecule has 6 nitrogen and oxygen atoms in total. The van der Waals surface area contributed by atoms with Crippen LogP contribution in [-0.2, 0) is 16.1 Å². The highest BCUT2D eigenvalue weighted by Crippen LogP contribution is 2.49. The number of hydrogen-bond acceptors (Lipinski definition) is 6. The largest absolute Gasteiger partial charge is 0.493 e. The fraction of sp³-hybridized carbons (Fsp3) is 0.172. The van der Waals surface area contributed by atoms with Crippen LogP contribution < -0.4 is 14.8 Å². The maximum absolute atomic E-state index is 14.1. The number of hydrogen-bond donors (Lipinski definition) is 1. The number of carbonyl (C=O) groups is 2. The lowest BCUT2D eigenvalue weighted by molar-refractivity contribution is -0.136. The Labute approximate surface area is 218 Å². The lowest BCUT2D eigenvalue weighted by Crippen LogP contribution is -2.29. The van der Waals surface area contributed by atoms with Crippen LogP contribution in [0.4, 0.5) is 4.39 Å². The van der Waals surface area contributed by atoms with Gasteiger partial charge in [-0.25, -0.2) is 9.18 Å². The lowest BCUT2D eigenvalue weighted by Gasteiger charge is -2.29. The summed E-state index contributed by atoms with van der Waals surface area (Å²) in [5, 5.41) is 3.43. The fourth-order valence-corrected chi connectivity index (χ4v) is 5.13. The number of fused-ring (bicyclic) bond motifs is 2. The molecule has 0 bridgehead atoms. The summed E-state index contributed by atoms with van der Waals surface area (Å²) >= 11 is 6.66. The highest BCUT2D eigenvalue weighted by atomic mass is 35.5. The highest BCUT2D eigenvalue weighted by molar-refractivity contribution is 6.32. The van der Waals surface area contributed by atoms with Crippen LogP contribution in [0.2, 0.25) is 5.02 Å². The van der Waals surface area contributed by atoms with Gasteiger partial charge in [0.2, 0.25) is 0 Å². The van der Waals surface area contributed by atoms with Crippen molar-refractivity contribution in [3.63, 3.8) is 0 Å². The first-order valence-corrected chi connectivity index (χ1v) is 11.9. The van der Waals surface area contributed by atoms with Gasteiger partial charge < -0.3 is 19.5 Å². The molecule has 0 unspecified atom stereocenters. The number of esters is 1. The minimum Gasteiger partial charge on any atom is -0.493 e. The van der Waals surface area contributed by atoms with E-state index in [2.05, 4.69) is 5.32 Å². The van der Waals surface area contributed by atoms with E-state index in [9.17, 15) is 14.0 Å². The maximum atomic E-state index is 14.1. The second-order valence-corrected chi connectivity index (χ2v) is 9.07. The molecule has 2 aliphatic rings. The molecule has 0 saturated carbocycles. The number of ether oxygens (including phenoxy) is 3. The number of carbonyl (C=O) groups excluding carboxylic acids is 2. The molecule has 1 aliphatic carbocycles. The summed E-state index contributed by atoms with van der Waals surface area (Å²) in [5.74, 6) is -1.42. The molecule has 37 heavy (non-hydrogen) atoms. The Morgan fingerprint density at radius 2 is 1.76 bits per heavy atom. The molecule has 1 heterocycles. The molecule has 1 N–H and O–H groups in total. The van der Waals surface area contributed by atoms with Crippen molar-refractivity contribution >= 4 is 29.1 Å². The monoisotopic (exact) mass is 519 g/mol. The average Bonchev–Trinajstić information content (AvgIpc) is 3.18. The van der Waals surface area contributed by atoms with Gasteiger partial charge in [-0.2, -0.15) is 0 Å². The number of methoxy groups -OCH3 is 2. The molecule has 3 aromatic carbocycles. The summed E-state index contributed by atoms with van der Waals surface area (Å²) in [7, 11) is 2.75. The van der Waals surface area contributed by atoms with Crippen molar-refractivity contribution in [2.24, 2.45) is 0 Å². The van der Waals surface area contributed by atoms with E-state index in [1.54, 1.807) is 49.4 Å². The summed E-state index contributed by atoms with van der Waals surface area (Å²) in [4.78, 5) is 26.5. The van der Waals surface area contributed by atoms with E-state index < -0.39 is 17.7 Å². The van der Waals surface area contributed by atoms with Gasteiger partial charge in [-0.1, -0.05) is 54.1 Å². The lowest BCUT2D eigenvalue weighted by atomic mass is 9.79. The number of halogens is 2. The molecule has 0 amide bonds. The molecular formula is C29H23ClFNO5. The molecular weight excluding hydrogens is 497 g/mol. The fourth-order valence-electron chi connectivity index (χ4n) is 4.85. The SMILES string of the molecule is COC(=O)C1=C(C)NC2=C(C(=O)c3ccccc32)[C@H]1c1cc(Cl)c(OCc2ccccc2F)c(OC)c1. The first-order valence-electron chi connectivity index (χ1n) is 11.5. The van der Waals surface area contributed by atoms with Gasteiger partial charge in [-0.3, -0.25) is 4.79 Å². The Bertz CT molecular complexity index is 1510. The number of nitrogens with one attached hydrogen (secondary N) is 1. The van der Waals surface area contributed by atoms with Gasteiger partial charge in [0, 0.05) is 33.9 Å². The molecule has 188 valence electrons. The summed E-state index contributed by atoms with van der Waals surface area (Å²) in [6, 6.07) is 16.9. The van der Waals surface area contributed by atoms with Gasteiger partial charge >= 0.3 is 5.97 Å². The molecule has 0 saturated heterocycles. The van der Waals surface area contributed by atoms with E-state index in [1.807, 2.05) is 12.1 Å². The number of rotatable bonds is 6. The molecule has 8 heteroatoms. The van der Waals surface area contributed by atoms with Crippen LogP contribution >= 0.6 is 11.6 Å². The van der Waals surface area contributed by atoms with Gasteiger partial charge in [0.1, 0.15) is 12.4 Å². The van der Waals surface area contributed by atoms with Crippen LogP contribution in [0, 0.1) is 5.82 Å². The number of Topliss-reactive ketones (excluding diaryl/α,β-unsaturated/α-hetero) is 1. The van der Waals surface area contributed by atoms with Gasteiger partial charge in [0.05, 0.1) is 30.5 Å². The molecule has 0 spiro atoms. The quantitative estimate of drug-likeness (QED) is 0.414. The van der Waals surface area contributed by atoms with Crippen molar-refractivity contribution in [1.29, 1.82) is 0 Å². The number of allylic oxidation sites excluding steroid dienone is 2. The topological polar surface area (TPSA) is 73.9 Å². The first kappa shape index (κ1) is 24.6. The standard InChI is InChI=1S/C29H23ClFNO5/c1-15-23(29(34)36-3)24(25-26(32-15)18-9-5-6-10-19(18)27(25)33)17-12-20(30)28(22(13-17)35-2)37-14-16-8-4-7-11-21(16)31/h4-13,24,32H,14H2,1-3H3/t24-/m0/s1. The average molecular weight is 520 g/mol. The van der Waals surface area contributed by atoms with E-state index in [-0.39, 0.29) is 28.9 Å². The Balaban J connectivity index is 1.61. The number of ketones is 1. The van der Waals surface area contributed by atoms with E-state index >= 15 is 0 Å². The van der Waals surface area contributed by atoms with Crippen molar-refractivity contribution in [3.05, 3.63) is 111 Å². The molecule has 0 fully saturated rings. The Kier molecular flexibility index (Phi) is 6.48. The van der Waals surface area contributed by atoms with E-state index in [0.29, 0.717) is 39.2 Å². The van der Waals surface area contributed by atoms with Gasteiger partial charge in [-0.15, -0.1) is 0 Å². The normalized spacial score (nSPS) is 16.2. The predicted molar refractivity (Wildman–Crippen MR) is 137 cm³/mol. The highest BCUT2D eigenvalue weighted by Gasteiger charge is 2.43. The van der Waals surface area contributed by atoms with Gasteiger partial charge in [0.15, 0.2) is 17.3 Å². The van der Waals surface area contributed by atoms with Crippen LogP contribution in [0.15, 0.2) is 77.5 Å². The Morgan fingerprint density at radius 1 is 1.05 bits per heavy atom. The summed E-state index contributed by atoms with van der Waals surface area (Å²) in [6.07, 6.45) is 0. The molecule has 0 aromatic heterocycles. The molecule has 1 aliphatic heterocycles. The van der Waals surface area contributed by atoms with Crippen molar-refractivity contribution in [3.8, 4) is 11.5 Å².